The molecule has 1 N–H and O–H groups in total. The second kappa shape index (κ2) is 3.57. The highest BCUT2D eigenvalue weighted by molar-refractivity contribution is 9.10. The minimum absolute atomic E-state index is 0.790. The second-order valence-electron chi connectivity index (χ2n) is 1.70. The monoisotopic (exact) mass is 236 g/mol. The SMILES string of the molecule is OS(=S)c1ccc(Br)cc1. The first-order chi connectivity index (χ1) is 4.70. The Morgan fingerprint density at radius 3 is 2.20 bits per heavy atom. The van der Waals surface area contributed by atoms with Crippen molar-refractivity contribution in [2.45, 2.75) is 4.90 Å². The first-order valence-corrected chi connectivity index (χ1v) is 5.46. The number of halogens is 1. The predicted octanol–water partition coefficient (Wildman–Crippen LogP) is 2.36. The largest absolute Gasteiger partial charge is 0.323 e. The van der Waals surface area contributed by atoms with Crippen LogP contribution in [0.1, 0.15) is 0 Å². The quantitative estimate of drug-likeness (QED) is 0.809. The third-order valence-electron chi connectivity index (χ3n) is 1.02. The summed E-state index contributed by atoms with van der Waals surface area (Å²) in [5.74, 6) is 0. The van der Waals surface area contributed by atoms with Gasteiger partial charge in [0.05, 0.1) is 0 Å². The van der Waals surface area contributed by atoms with Gasteiger partial charge < -0.3 is 4.55 Å². The van der Waals surface area contributed by atoms with Gasteiger partial charge in [-0.05, 0) is 35.5 Å². The Morgan fingerprint density at radius 2 is 1.80 bits per heavy atom. The van der Waals surface area contributed by atoms with Crippen molar-refractivity contribution in [1.29, 1.82) is 0 Å². The minimum Gasteiger partial charge on any atom is -0.323 e. The summed E-state index contributed by atoms with van der Waals surface area (Å²) in [6.07, 6.45) is 0. The van der Waals surface area contributed by atoms with Crippen LogP contribution in [0.5, 0.6) is 0 Å². The first kappa shape index (κ1) is 8.33. The molecule has 0 bridgehead atoms. The van der Waals surface area contributed by atoms with Crippen LogP contribution in [0, 0.1) is 0 Å². The van der Waals surface area contributed by atoms with E-state index in [1.54, 1.807) is 12.1 Å². The van der Waals surface area contributed by atoms with Gasteiger partial charge in [0.15, 0.2) is 0 Å². The Bertz CT molecular complexity index is 244. The Morgan fingerprint density at radius 1 is 1.30 bits per heavy atom. The van der Waals surface area contributed by atoms with Crippen molar-refractivity contribution in [3.05, 3.63) is 28.7 Å². The summed E-state index contributed by atoms with van der Waals surface area (Å²) in [6, 6.07) is 7.33. The molecule has 1 unspecified atom stereocenters. The third kappa shape index (κ3) is 2.12. The van der Waals surface area contributed by atoms with Crippen LogP contribution in [0.15, 0.2) is 33.6 Å². The molecular formula is C6H5BrOS2. The average Bonchev–Trinajstić information content (AvgIpc) is 1.88. The standard InChI is InChI=1S/C6H5BrOS2/c7-5-1-3-6(4-2-5)10(8)9/h1-4H,(H,8,9). The van der Waals surface area contributed by atoms with E-state index in [1.807, 2.05) is 12.1 Å². The molecule has 1 aromatic carbocycles. The molecule has 0 saturated heterocycles. The highest BCUT2D eigenvalue weighted by atomic mass is 79.9. The molecule has 0 radical (unpaired) electrons. The topological polar surface area (TPSA) is 20.2 Å². The summed E-state index contributed by atoms with van der Waals surface area (Å²) in [5, 5.41) is 0. The van der Waals surface area contributed by atoms with Crippen LogP contribution in [-0.4, -0.2) is 4.55 Å². The van der Waals surface area contributed by atoms with Crippen LogP contribution in [0.2, 0.25) is 0 Å². The number of rotatable bonds is 1. The third-order valence-corrected chi connectivity index (χ3v) is 2.80. The van der Waals surface area contributed by atoms with Gasteiger partial charge >= 0.3 is 0 Å². The molecule has 0 aliphatic rings. The number of hydrogen-bond donors (Lipinski definition) is 1. The molecule has 0 aliphatic carbocycles. The molecule has 0 fully saturated rings. The van der Waals surface area contributed by atoms with Crippen LogP contribution >= 0.6 is 15.9 Å². The highest BCUT2D eigenvalue weighted by Crippen LogP contribution is 2.12. The molecule has 0 aliphatic heterocycles. The Balaban J connectivity index is 3.00. The van der Waals surface area contributed by atoms with Crippen molar-refractivity contribution in [2.75, 3.05) is 0 Å². The zero-order valence-corrected chi connectivity index (χ0v) is 8.17. The van der Waals surface area contributed by atoms with Crippen molar-refractivity contribution in [2.24, 2.45) is 0 Å². The maximum absolute atomic E-state index is 8.94. The molecule has 1 rings (SSSR count). The van der Waals surface area contributed by atoms with Crippen molar-refractivity contribution in [1.82, 2.24) is 0 Å². The fourth-order valence-electron chi connectivity index (χ4n) is 0.551. The summed E-state index contributed by atoms with van der Waals surface area (Å²) in [6.45, 7) is 0. The lowest BCUT2D eigenvalue weighted by atomic mass is 10.4. The summed E-state index contributed by atoms with van der Waals surface area (Å²) in [7, 11) is -1.02. The zero-order chi connectivity index (χ0) is 7.56. The first-order valence-electron chi connectivity index (χ1n) is 2.56. The maximum Gasteiger partial charge on any atom is 0.0378 e. The fraction of sp³-hybridized carbons (Fsp3) is 0. The van der Waals surface area contributed by atoms with Crippen molar-refractivity contribution in [3.8, 4) is 0 Å². The fourth-order valence-corrected chi connectivity index (χ4v) is 1.52. The molecule has 0 aromatic heterocycles. The van der Waals surface area contributed by atoms with Gasteiger partial charge in [0.2, 0.25) is 0 Å². The van der Waals surface area contributed by atoms with E-state index in [0.717, 1.165) is 9.37 Å². The molecule has 1 aromatic rings. The summed E-state index contributed by atoms with van der Waals surface area (Å²) in [5.41, 5.74) is 0. The Labute approximate surface area is 75.0 Å². The molecule has 54 valence electrons. The average molecular weight is 237 g/mol. The lowest BCUT2D eigenvalue weighted by Crippen LogP contribution is -1.83. The van der Waals surface area contributed by atoms with E-state index >= 15 is 0 Å². The summed E-state index contributed by atoms with van der Waals surface area (Å²) in [4.78, 5) is 0.790. The van der Waals surface area contributed by atoms with E-state index in [0.29, 0.717) is 0 Å². The summed E-state index contributed by atoms with van der Waals surface area (Å²) >= 11 is 7.94. The van der Waals surface area contributed by atoms with Crippen LogP contribution in [0.4, 0.5) is 0 Å². The van der Waals surface area contributed by atoms with Crippen molar-refractivity contribution >= 4 is 36.9 Å². The highest BCUT2D eigenvalue weighted by Gasteiger charge is 1.92. The van der Waals surface area contributed by atoms with Gasteiger partial charge in [0.1, 0.15) is 0 Å². The van der Waals surface area contributed by atoms with Crippen LogP contribution in [0.25, 0.3) is 0 Å². The molecule has 1 nitrogen and oxygen atoms in total. The Kier molecular flexibility index (Phi) is 2.97. The van der Waals surface area contributed by atoms with Crippen molar-refractivity contribution in [3.63, 3.8) is 0 Å². The van der Waals surface area contributed by atoms with Gasteiger partial charge in [-0.15, -0.1) is 0 Å². The molecule has 0 heterocycles. The zero-order valence-electron chi connectivity index (χ0n) is 4.95. The van der Waals surface area contributed by atoms with Crippen molar-refractivity contribution < 1.29 is 4.55 Å². The number of benzene rings is 1. The normalized spacial score (nSPS) is 13.0. The number of hydrogen-bond acceptors (Lipinski definition) is 1. The molecular weight excluding hydrogens is 232 g/mol. The molecule has 10 heavy (non-hydrogen) atoms. The second-order valence-corrected chi connectivity index (χ2v) is 4.54. The van der Waals surface area contributed by atoms with E-state index in [2.05, 4.69) is 27.1 Å². The van der Waals surface area contributed by atoms with Gasteiger partial charge in [0, 0.05) is 19.1 Å². The smallest absolute Gasteiger partial charge is 0.0378 e. The molecule has 1 atom stereocenters. The lowest BCUT2D eigenvalue weighted by Gasteiger charge is -1.95. The van der Waals surface area contributed by atoms with E-state index < -0.39 is 9.74 Å². The van der Waals surface area contributed by atoms with Crippen LogP contribution in [-0.2, 0) is 20.9 Å². The lowest BCUT2D eigenvalue weighted by molar-refractivity contribution is 0.656. The maximum atomic E-state index is 8.94. The van der Waals surface area contributed by atoms with E-state index in [1.165, 1.54) is 0 Å². The molecule has 0 amide bonds. The van der Waals surface area contributed by atoms with Gasteiger partial charge in [-0.2, -0.15) is 0 Å². The van der Waals surface area contributed by atoms with E-state index in [9.17, 15) is 0 Å². The molecule has 4 heteroatoms. The summed E-state index contributed by atoms with van der Waals surface area (Å²) < 4.78 is 9.94. The van der Waals surface area contributed by atoms with Crippen LogP contribution in [0.3, 0.4) is 0 Å². The van der Waals surface area contributed by atoms with Gasteiger partial charge in [-0.3, -0.25) is 0 Å². The molecule has 0 saturated carbocycles. The minimum atomic E-state index is -1.02. The van der Waals surface area contributed by atoms with Gasteiger partial charge in [0.25, 0.3) is 0 Å². The van der Waals surface area contributed by atoms with Crippen LogP contribution < -0.4 is 0 Å². The van der Waals surface area contributed by atoms with E-state index in [-0.39, 0.29) is 0 Å². The van der Waals surface area contributed by atoms with Gasteiger partial charge in [-0.1, -0.05) is 15.9 Å². The Hall–Kier alpha value is 0.230. The predicted molar refractivity (Wildman–Crippen MR) is 49.8 cm³/mol. The van der Waals surface area contributed by atoms with Gasteiger partial charge in [-0.25, -0.2) is 0 Å². The van der Waals surface area contributed by atoms with E-state index in [4.69, 9.17) is 4.55 Å². The molecule has 0 spiro atoms.